The third kappa shape index (κ3) is 3.42. The van der Waals surface area contributed by atoms with E-state index >= 15 is 0 Å². The molecule has 27 heavy (non-hydrogen) atoms. The Bertz CT molecular complexity index is 1130. The van der Waals surface area contributed by atoms with Crippen molar-refractivity contribution in [3.8, 4) is 0 Å². The van der Waals surface area contributed by atoms with Crippen molar-refractivity contribution in [2.45, 2.75) is 25.9 Å². The molecule has 7 nitrogen and oxygen atoms in total. The zero-order valence-electron chi connectivity index (χ0n) is 14.9. The molecule has 2 aromatic heterocycles. The first-order valence-electron chi connectivity index (χ1n) is 8.90. The number of quaternary nitrogens is 1. The smallest absolute Gasteiger partial charge is 0.329 e. The molecule has 4 rings (SSSR count). The molecule has 3 aromatic rings. The maximum Gasteiger partial charge on any atom is 0.329 e. The number of halogens is 2. The van der Waals surface area contributed by atoms with Crippen LogP contribution in [-0.2, 0) is 20.1 Å². The number of likely N-dealkylation sites (tertiary alicyclic amines) is 1. The lowest BCUT2D eigenvalue weighted by atomic mass is 10.2. The van der Waals surface area contributed by atoms with E-state index in [1.54, 1.807) is 19.2 Å². The van der Waals surface area contributed by atoms with Crippen LogP contribution in [0.4, 0.5) is 0 Å². The van der Waals surface area contributed by atoms with Crippen molar-refractivity contribution in [1.29, 1.82) is 0 Å². The molecule has 1 aromatic carbocycles. The summed E-state index contributed by atoms with van der Waals surface area (Å²) >= 11 is 12.4. The topological polar surface area (TPSA) is 77.1 Å². The number of aromatic nitrogens is 4. The SMILES string of the molecule is Cn1c(=O)[nH]c(=O)c2c1nc(C[NH+]1CCCC1)n2Cc1ccc(Cl)cc1Cl. The maximum atomic E-state index is 12.6. The van der Waals surface area contributed by atoms with Crippen LogP contribution in [0.15, 0.2) is 27.8 Å². The summed E-state index contributed by atoms with van der Waals surface area (Å²) < 4.78 is 3.24. The number of imidazole rings is 1. The molecule has 1 saturated heterocycles. The molecular weight excluding hydrogens is 389 g/mol. The van der Waals surface area contributed by atoms with Gasteiger partial charge in [-0.3, -0.25) is 14.3 Å². The summed E-state index contributed by atoms with van der Waals surface area (Å²) in [5, 5.41) is 1.09. The van der Waals surface area contributed by atoms with E-state index in [0.29, 0.717) is 34.3 Å². The lowest BCUT2D eigenvalue weighted by molar-refractivity contribution is -0.902. The van der Waals surface area contributed by atoms with Gasteiger partial charge in [0.15, 0.2) is 17.0 Å². The highest BCUT2D eigenvalue weighted by atomic mass is 35.5. The minimum Gasteiger partial charge on any atom is -0.329 e. The minimum atomic E-state index is -0.471. The van der Waals surface area contributed by atoms with Crippen molar-refractivity contribution in [1.82, 2.24) is 19.1 Å². The lowest BCUT2D eigenvalue weighted by Gasteiger charge is -2.14. The van der Waals surface area contributed by atoms with Crippen molar-refractivity contribution < 1.29 is 4.90 Å². The highest BCUT2D eigenvalue weighted by Crippen LogP contribution is 2.23. The number of nitrogens with one attached hydrogen (secondary N) is 2. The molecule has 0 bridgehead atoms. The van der Waals surface area contributed by atoms with E-state index in [1.165, 1.54) is 22.3 Å². The van der Waals surface area contributed by atoms with Crippen LogP contribution >= 0.6 is 23.2 Å². The summed E-state index contributed by atoms with van der Waals surface area (Å²) in [6.45, 7) is 3.25. The van der Waals surface area contributed by atoms with Crippen molar-refractivity contribution in [3.05, 3.63) is 60.5 Å². The van der Waals surface area contributed by atoms with Crippen LogP contribution < -0.4 is 16.1 Å². The van der Waals surface area contributed by atoms with Gasteiger partial charge in [0, 0.05) is 29.9 Å². The van der Waals surface area contributed by atoms with Gasteiger partial charge < -0.3 is 9.47 Å². The summed E-state index contributed by atoms with van der Waals surface area (Å²) in [4.78, 5) is 33.0. The Morgan fingerprint density at radius 3 is 2.67 bits per heavy atom. The molecule has 3 heterocycles. The summed E-state index contributed by atoms with van der Waals surface area (Å²) in [6, 6.07) is 5.30. The normalized spacial score (nSPS) is 15.1. The molecule has 0 spiro atoms. The summed E-state index contributed by atoms with van der Waals surface area (Å²) in [5.74, 6) is 0.777. The average molecular weight is 409 g/mol. The molecular formula is C18H20Cl2N5O2+. The predicted molar refractivity (Wildman–Crippen MR) is 105 cm³/mol. The third-order valence-corrected chi connectivity index (χ3v) is 5.74. The largest absolute Gasteiger partial charge is 0.329 e. The van der Waals surface area contributed by atoms with Gasteiger partial charge in [0.2, 0.25) is 0 Å². The van der Waals surface area contributed by atoms with Crippen LogP contribution in [-0.4, -0.2) is 32.2 Å². The van der Waals surface area contributed by atoms with Crippen LogP contribution in [0.2, 0.25) is 10.0 Å². The van der Waals surface area contributed by atoms with Gasteiger partial charge in [0.05, 0.1) is 19.6 Å². The van der Waals surface area contributed by atoms with Gasteiger partial charge in [-0.2, -0.15) is 0 Å². The van der Waals surface area contributed by atoms with Crippen LogP contribution in [0, 0.1) is 0 Å². The van der Waals surface area contributed by atoms with Crippen molar-refractivity contribution in [2.75, 3.05) is 13.1 Å². The highest BCUT2D eigenvalue weighted by Gasteiger charge is 2.23. The van der Waals surface area contributed by atoms with E-state index in [4.69, 9.17) is 23.2 Å². The number of fused-ring (bicyclic) bond motifs is 1. The average Bonchev–Trinajstić information content (AvgIpc) is 3.24. The molecule has 0 aliphatic carbocycles. The van der Waals surface area contributed by atoms with Crippen LogP contribution in [0.5, 0.6) is 0 Å². The molecule has 9 heteroatoms. The second-order valence-electron chi connectivity index (χ2n) is 6.97. The lowest BCUT2D eigenvalue weighted by Crippen LogP contribution is -3.08. The summed E-state index contributed by atoms with van der Waals surface area (Å²) in [5.41, 5.74) is 0.709. The van der Waals surface area contributed by atoms with Gasteiger partial charge in [-0.05, 0) is 17.7 Å². The number of rotatable bonds is 4. The number of aryl methyl sites for hydroxylation is 1. The number of nitrogens with zero attached hydrogens (tertiary/aromatic N) is 3. The molecule has 1 aliphatic heterocycles. The molecule has 0 amide bonds. The Hall–Kier alpha value is -2.09. The van der Waals surface area contributed by atoms with E-state index in [2.05, 4.69) is 9.97 Å². The molecule has 0 atom stereocenters. The van der Waals surface area contributed by atoms with E-state index in [1.807, 2.05) is 10.6 Å². The van der Waals surface area contributed by atoms with Crippen LogP contribution in [0.3, 0.4) is 0 Å². The zero-order valence-corrected chi connectivity index (χ0v) is 16.4. The van der Waals surface area contributed by atoms with Crippen molar-refractivity contribution in [3.63, 3.8) is 0 Å². The standard InChI is InChI=1S/C18H19Cl2N5O2/c1-23-16-15(17(26)22-18(23)27)25(9-11-4-5-12(19)8-13(11)20)14(21-16)10-24-6-2-3-7-24/h4-5,8H,2-3,6-7,9-10H2,1H3,(H,22,26,27)/p+1. The molecule has 1 fully saturated rings. The van der Waals surface area contributed by atoms with Crippen LogP contribution in [0.25, 0.3) is 11.2 Å². The van der Waals surface area contributed by atoms with Crippen LogP contribution in [0.1, 0.15) is 24.2 Å². The number of benzene rings is 1. The fourth-order valence-electron chi connectivity index (χ4n) is 3.68. The van der Waals surface area contributed by atoms with Gasteiger partial charge in [-0.15, -0.1) is 0 Å². The maximum absolute atomic E-state index is 12.6. The fourth-order valence-corrected chi connectivity index (χ4v) is 4.15. The third-order valence-electron chi connectivity index (χ3n) is 5.15. The van der Waals surface area contributed by atoms with Gasteiger partial charge in [-0.25, -0.2) is 9.78 Å². The molecule has 142 valence electrons. The number of hydrogen-bond donors (Lipinski definition) is 2. The first-order chi connectivity index (χ1) is 12.9. The number of aromatic amines is 1. The van der Waals surface area contributed by atoms with Gasteiger partial charge in [0.25, 0.3) is 5.56 Å². The number of H-pyrrole nitrogens is 1. The molecule has 2 N–H and O–H groups in total. The van der Waals surface area contributed by atoms with E-state index in [9.17, 15) is 9.59 Å². The van der Waals surface area contributed by atoms with E-state index in [-0.39, 0.29) is 0 Å². The van der Waals surface area contributed by atoms with Gasteiger partial charge >= 0.3 is 5.69 Å². The van der Waals surface area contributed by atoms with E-state index in [0.717, 1.165) is 24.5 Å². The Morgan fingerprint density at radius 2 is 1.96 bits per heavy atom. The quantitative estimate of drug-likeness (QED) is 0.674. The number of hydrogen-bond acceptors (Lipinski definition) is 3. The second kappa shape index (κ2) is 7.14. The van der Waals surface area contributed by atoms with Crippen molar-refractivity contribution in [2.24, 2.45) is 7.05 Å². The summed E-state index contributed by atoms with van der Waals surface area (Å²) in [7, 11) is 1.61. The van der Waals surface area contributed by atoms with E-state index < -0.39 is 11.2 Å². The fraction of sp³-hybridized carbons (Fsp3) is 0.389. The van der Waals surface area contributed by atoms with Gasteiger partial charge in [-0.1, -0.05) is 29.3 Å². The highest BCUT2D eigenvalue weighted by molar-refractivity contribution is 6.35. The zero-order chi connectivity index (χ0) is 19.1. The molecule has 0 unspecified atom stereocenters. The van der Waals surface area contributed by atoms with Crippen molar-refractivity contribution >= 4 is 34.4 Å². The molecule has 0 saturated carbocycles. The first-order valence-corrected chi connectivity index (χ1v) is 9.65. The molecule has 1 aliphatic rings. The summed E-state index contributed by atoms with van der Waals surface area (Å²) in [6.07, 6.45) is 2.38. The Labute approximate surface area is 165 Å². The van der Waals surface area contributed by atoms with Gasteiger partial charge in [0.1, 0.15) is 6.54 Å². The minimum absolute atomic E-state index is 0.385. The molecule has 0 radical (unpaired) electrons. The second-order valence-corrected chi connectivity index (χ2v) is 7.82. The Kier molecular flexibility index (Phi) is 4.84. The monoisotopic (exact) mass is 408 g/mol. The first kappa shape index (κ1) is 18.3. The Balaban J connectivity index is 1.88. The Morgan fingerprint density at radius 1 is 1.22 bits per heavy atom. The predicted octanol–water partition coefficient (Wildman–Crippen LogP) is 0.957.